The summed E-state index contributed by atoms with van der Waals surface area (Å²) < 4.78 is 1.92. The molecule has 5 heteroatoms. The standard InChI is InChI=1S/C15H13ClN4/c1-10-7-8-20-14(9-10)17-11(2)15(20)19-18-13-6-4-3-5-12(13)16/h3-9H,1-2H3. The van der Waals surface area contributed by atoms with Crippen LogP contribution in [0.1, 0.15) is 11.3 Å². The summed E-state index contributed by atoms with van der Waals surface area (Å²) in [6.45, 7) is 3.96. The third-order valence-electron chi connectivity index (χ3n) is 3.03. The fourth-order valence-corrected chi connectivity index (χ4v) is 2.18. The van der Waals surface area contributed by atoms with Crippen LogP contribution >= 0.6 is 11.6 Å². The molecule has 0 aliphatic rings. The summed E-state index contributed by atoms with van der Waals surface area (Å²) in [5, 5.41) is 9.09. The van der Waals surface area contributed by atoms with Crippen molar-refractivity contribution in [3.8, 4) is 0 Å². The van der Waals surface area contributed by atoms with Gasteiger partial charge in [-0.25, -0.2) is 4.98 Å². The number of aromatic nitrogens is 2. The number of halogens is 1. The highest BCUT2D eigenvalue weighted by Gasteiger charge is 2.08. The first-order valence-electron chi connectivity index (χ1n) is 6.27. The summed E-state index contributed by atoms with van der Waals surface area (Å²) in [7, 11) is 0. The zero-order valence-corrected chi connectivity index (χ0v) is 12.0. The van der Waals surface area contributed by atoms with E-state index in [-0.39, 0.29) is 0 Å². The summed E-state index contributed by atoms with van der Waals surface area (Å²) in [5.74, 6) is 0.722. The number of hydrogen-bond acceptors (Lipinski definition) is 3. The van der Waals surface area contributed by atoms with Crippen LogP contribution in [0.2, 0.25) is 5.02 Å². The molecule has 0 radical (unpaired) electrons. The SMILES string of the molecule is Cc1ccn2c(N=Nc3ccccc3Cl)c(C)nc2c1. The zero-order valence-electron chi connectivity index (χ0n) is 11.2. The lowest BCUT2D eigenvalue weighted by atomic mass is 10.3. The van der Waals surface area contributed by atoms with Crippen molar-refractivity contribution in [2.75, 3.05) is 0 Å². The number of aryl methyl sites for hydroxylation is 2. The number of pyridine rings is 1. The molecule has 20 heavy (non-hydrogen) atoms. The van der Waals surface area contributed by atoms with Gasteiger partial charge in [0.15, 0.2) is 5.82 Å². The molecule has 0 spiro atoms. The molecule has 100 valence electrons. The highest BCUT2D eigenvalue weighted by Crippen LogP contribution is 2.28. The van der Waals surface area contributed by atoms with E-state index < -0.39 is 0 Å². The van der Waals surface area contributed by atoms with Gasteiger partial charge in [-0.15, -0.1) is 10.2 Å². The first-order chi connectivity index (χ1) is 9.65. The minimum Gasteiger partial charge on any atom is -0.283 e. The Kier molecular flexibility index (Phi) is 3.24. The molecule has 3 rings (SSSR count). The van der Waals surface area contributed by atoms with E-state index in [1.54, 1.807) is 6.07 Å². The van der Waals surface area contributed by atoms with Crippen LogP contribution in [0.25, 0.3) is 5.65 Å². The summed E-state index contributed by atoms with van der Waals surface area (Å²) in [5.41, 5.74) is 3.52. The van der Waals surface area contributed by atoms with Crippen LogP contribution in [-0.2, 0) is 0 Å². The highest BCUT2D eigenvalue weighted by atomic mass is 35.5. The van der Waals surface area contributed by atoms with Crippen molar-refractivity contribution in [2.24, 2.45) is 10.2 Å². The van der Waals surface area contributed by atoms with E-state index in [1.807, 2.05) is 54.8 Å². The molecule has 4 nitrogen and oxygen atoms in total. The van der Waals surface area contributed by atoms with Crippen LogP contribution in [0.4, 0.5) is 11.5 Å². The minimum absolute atomic E-state index is 0.582. The molecule has 0 saturated heterocycles. The van der Waals surface area contributed by atoms with E-state index >= 15 is 0 Å². The van der Waals surface area contributed by atoms with Gasteiger partial charge in [0.1, 0.15) is 11.3 Å². The quantitative estimate of drug-likeness (QED) is 0.609. The van der Waals surface area contributed by atoms with Crippen LogP contribution < -0.4 is 0 Å². The molecule has 0 amide bonds. The molecular weight excluding hydrogens is 272 g/mol. The van der Waals surface area contributed by atoms with Crippen molar-refractivity contribution >= 4 is 28.8 Å². The van der Waals surface area contributed by atoms with Crippen molar-refractivity contribution in [1.29, 1.82) is 0 Å². The Morgan fingerprint density at radius 2 is 1.90 bits per heavy atom. The van der Waals surface area contributed by atoms with Gasteiger partial charge < -0.3 is 0 Å². The molecule has 0 aliphatic carbocycles. The fourth-order valence-electron chi connectivity index (χ4n) is 2.01. The monoisotopic (exact) mass is 284 g/mol. The van der Waals surface area contributed by atoms with E-state index in [9.17, 15) is 0 Å². The zero-order chi connectivity index (χ0) is 14.1. The number of benzene rings is 1. The Hall–Kier alpha value is -2.20. The van der Waals surface area contributed by atoms with Crippen molar-refractivity contribution in [2.45, 2.75) is 13.8 Å². The molecule has 3 aromatic rings. The second-order valence-corrected chi connectivity index (χ2v) is 5.01. The average Bonchev–Trinajstić information content (AvgIpc) is 2.73. The maximum atomic E-state index is 6.07. The Morgan fingerprint density at radius 1 is 1.10 bits per heavy atom. The highest BCUT2D eigenvalue weighted by molar-refractivity contribution is 6.32. The number of fused-ring (bicyclic) bond motifs is 1. The second kappa shape index (κ2) is 5.06. The largest absolute Gasteiger partial charge is 0.283 e. The smallest absolute Gasteiger partial charge is 0.182 e. The topological polar surface area (TPSA) is 42.0 Å². The number of nitrogens with zero attached hydrogens (tertiary/aromatic N) is 4. The number of azo groups is 1. The third-order valence-corrected chi connectivity index (χ3v) is 3.35. The van der Waals surface area contributed by atoms with E-state index in [0.717, 1.165) is 22.7 Å². The third kappa shape index (κ3) is 2.30. The average molecular weight is 285 g/mol. The first-order valence-corrected chi connectivity index (χ1v) is 6.64. The molecule has 1 aromatic carbocycles. The second-order valence-electron chi connectivity index (χ2n) is 4.60. The molecule has 0 N–H and O–H groups in total. The van der Waals surface area contributed by atoms with E-state index in [4.69, 9.17) is 11.6 Å². The van der Waals surface area contributed by atoms with Gasteiger partial charge in [-0.1, -0.05) is 23.7 Å². The number of rotatable bonds is 2. The summed E-state index contributed by atoms with van der Waals surface area (Å²) in [6.07, 6.45) is 1.95. The molecule has 2 heterocycles. The molecule has 0 saturated carbocycles. The van der Waals surface area contributed by atoms with Crippen molar-refractivity contribution in [3.63, 3.8) is 0 Å². The van der Waals surface area contributed by atoms with Crippen molar-refractivity contribution < 1.29 is 0 Å². The molecule has 2 aromatic heterocycles. The summed E-state index contributed by atoms with van der Waals surface area (Å²) in [6, 6.07) is 11.4. The van der Waals surface area contributed by atoms with Gasteiger partial charge in [-0.2, -0.15) is 0 Å². The lowest BCUT2D eigenvalue weighted by Crippen LogP contribution is -1.83. The van der Waals surface area contributed by atoms with Crippen LogP contribution in [0.15, 0.2) is 52.8 Å². The predicted molar refractivity (Wildman–Crippen MR) is 80.3 cm³/mol. The lowest BCUT2D eigenvalue weighted by molar-refractivity contribution is 1.09. The number of imidazole rings is 1. The molecule has 0 fully saturated rings. The van der Waals surface area contributed by atoms with Gasteiger partial charge in [-0.3, -0.25) is 4.40 Å². The number of hydrogen-bond donors (Lipinski definition) is 0. The molecule has 0 atom stereocenters. The van der Waals surface area contributed by atoms with Gasteiger partial charge in [0, 0.05) is 6.20 Å². The predicted octanol–water partition coefficient (Wildman–Crippen LogP) is 5.02. The summed E-state index contributed by atoms with van der Waals surface area (Å²) in [4.78, 5) is 4.48. The van der Waals surface area contributed by atoms with Gasteiger partial charge in [0.05, 0.1) is 10.7 Å². The molecule has 0 aliphatic heterocycles. The molecule has 0 unspecified atom stereocenters. The van der Waals surface area contributed by atoms with E-state index in [0.29, 0.717) is 10.7 Å². The van der Waals surface area contributed by atoms with E-state index in [1.165, 1.54) is 0 Å². The van der Waals surface area contributed by atoms with Crippen LogP contribution in [0.3, 0.4) is 0 Å². The molecule has 0 bridgehead atoms. The van der Waals surface area contributed by atoms with Crippen LogP contribution in [0, 0.1) is 13.8 Å². The minimum atomic E-state index is 0.582. The van der Waals surface area contributed by atoms with Gasteiger partial charge in [-0.05, 0) is 43.7 Å². The Bertz CT molecular complexity index is 805. The van der Waals surface area contributed by atoms with Crippen molar-refractivity contribution in [1.82, 2.24) is 9.38 Å². The van der Waals surface area contributed by atoms with E-state index in [2.05, 4.69) is 15.2 Å². The van der Waals surface area contributed by atoms with Gasteiger partial charge >= 0.3 is 0 Å². The Labute approximate surface area is 121 Å². The van der Waals surface area contributed by atoms with Crippen LogP contribution in [0.5, 0.6) is 0 Å². The van der Waals surface area contributed by atoms with Gasteiger partial charge in [0.2, 0.25) is 0 Å². The maximum Gasteiger partial charge on any atom is 0.182 e. The van der Waals surface area contributed by atoms with Crippen LogP contribution in [-0.4, -0.2) is 9.38 Å². The molecular formula is C15H13ClN4. The first kappa shape index (κ1) is 12.8. The van der Waals surface area contributed by atoms with Gasteiger partial charge in [0.25, 0.3) is 0 Å². The lowest BCUT2D eigenvalue weighted by Gasteiger charge is -1.98. The normalized spacial score (nSPS) is 11.6. The Morgan fingerprint density at radius 3 is 2.70 bits per heavy atom. The maximum absolute atomic E-state index is 6.07. The fraction of sp³-hybridized carbons (Fsp3) is 0.133. The summed E-state index contributed by atoms with van der Waals surface area (Å²) >= 11 is 6.07. The Balaban J connectivity index is 2.07. The van der Waals surface area contributed by atoms with Crippen molar-refractivity contribution in [3.05, 3.63) is 58.9 Å².